The van der Waals surface area contributed by atoms with E-state index in [2.05, 4.69) is 15.6 Å². The number of carbonyl (C=O) groups is 1. The molecule has 9 nitrogen and oxygen atoms in total. The lowest BCUT2D eigenvalue weighted by molar-refractivity contribution is -0.383. The van der Waals surface area contributed by atoms with Crippen LogP contribution in [0.4, 0.5) is 22.0 Å². The van der Waals surface area contributed by atoms with Crippen molar-refractivity contribution in [3.63, 3.8) is 0 Å². The van der Waals surface area contributed by atoms with Crippen LogP contribution >= 0.6 is 0 Å². The number of hydrogen-bond acceptors (Lipinski definition) is 7. The maximum Gasteiger partial charge on any atom is 0.407 e. The van der Waals surface area contributed by atoms with Crippen molar-refractivity contribution >= 4 is 23.3 Å². The lowest BCUT2D eigenvalue weighted by Crippen LogP contribution is -2.49. The first-order chi connectivity index (χ1) is 12.6. The number of anilines is 2. The van der Waals surface area contributed by atoms with Gasteiger partial charge >= 0.3 is 11.8 Å². The molecule has 1 atom stereocenters. The number of alkyl carbamates (subject to hydrolysis) is 1. The van der Waals surface area contributed by atoms with Gasteiger partial charge in [-0.15, -0.1) is 0 Å². The smallest absolute Gasteiger partial charge is 0.407 e. The molecule has 27 heavy (non-hydrogen) atoms. The summed E-state index contributed by atoms with van der Waals surface area (Å²) in [6.45, 7) is 10.4. The fourth-order valence-electron chi connectivity index (χ4n) is 3.05. The monoisotopic (exact) mass is 379 g/mol. The van der Waals surface area contributed by atoms with Gasteiger partial charge in [0.1, 0.15) is 11.3 Å². The summed E-state index contributed by atoms with van der Waals surface area (Å²) in [4.78, 5) is 29.4. The van der Waals surface area contributed by atoms with Crippen LogP contribution in [0.5, 0.6) is 0 Å². The first-order valence-electron chi connectivity index (χ1n) is 9.21. The highest BCUT2D eigenvalue weighted by Crippen LogP contribution is 2.35. The molecular weight excluding hydrogens is 350 g/mol. The number of nitrogens with one attached hydrogen (secondary N) is 2. The van der Waals surface area contributed by atoms with E-state index in [1.165, 1.54) is 0 Å². The molecule has 0 aromatic carbocycles. The maximum atomic E-state index is 12.0. The molecule has 1 aliphatic rings. The minimum atomic E-state index is -0.570. The predicted octanol–water partition coefficient (Wildman–Crippen LogP) is 3.30. The second kappa shape index (κ2) is 8.41. The van der Waals surface area contributed by atoms with E-state index in [0.717, 1.165) is 12.8 Å². The van der Waals surface area contributed by atoms with E-state index >= 15 is 0 Å². The number of hydrogen-bond donors (Lipinski definition) is 2. The summed E-state index contributed by atoms with van der Waals surface area (Å²) >= 11 is 0. The molecule has 9 heteroatoms. The molecule has 150 valence electrons. The summed E-state index contributed by atoms with van der Waals surface area (Å²) in [6, 6.07) is 1.54. The van der Waals surface area contributed by atoms with E-state index in [-0.39, 0.29) is 23.6 Å². The Kier molecular flexibility index (Phi) is 6.45. The Labute approximate surface area is 159 Å². The summed E-state index contributed by atoms with van der Waals surface area (Å²) < 4.78 is 5.31. The van der Waals surface area contributed by atoms with Gasteiger partial charge in [0, 0.05) is 31.4 Å². The molecule has 0 saturated carbocycles. The van der Waals surface area contributed by atoms with Crippen LogP contribution < -0.4 is 15.5 Å². The molecule has 0 aliphatic carbocycles. The maximum absolute atomic E-state index is 12.0. The van der Waals surface area contributed by atoms with Gasteiger partial charge in [0.05, 0.1) is 4.92 Å². The van der Waals surface area contributed by atoms with Gasteiger partial charge in [0.2, 0.25) is 5.82 Å². The van der Waals surface area contributed by atoms with Crippen molar-refractivity contribution < 1.29 is 14.5 Å². The molecule has 1 aliphatic heterocycles. The van der Waals surface area contributed by atoms with Crippen molar-refractivity contribution in [1.82, 2.24) is 10.3 Å². The van der Waals surface area contributed by atoms with E-state index in [1.807, 2.05) is 39.5 Å². The largest absolute Gasteiger partial charge is 0.444 e. The second-order valence-corrected chi connectivity index (χ2v) is 8.01. The number of rotatable bonds is 5. The van der Waals surface area contributed by atoms with E-state index < -0.39 is 16.6 Å². The molecule has 1 amide bonds. The summed E-state index contributed by atoms with van der Waals surface area (Å²) in [5, 5.41) is 17.6. The third-order valence-corrected chi connectivity index (χ3v) is 3.99. The van der Waals surface area contributed by atoms with Crippen molar-refractivity contribution in [3.8, 4) is 0 Å². The lowest BCUT2D eigenvalue weighted by atomic mass is 10.0. The summed E-state index contributed by atoms with van der Waals surface area (Å²) in [5.74, 6) is 0.259. The fraction of sp³-hybridized carbons (Fsp3) is 0.667. The molecule has 0 radical (unpaired) electrons. The molecule has 2 heterocycles. The number of nitrogens with zero attached hydrogens (tertiary/aromatic N) is 3. The van der Waals surface area contributed by atoms with E-state index in [0.29, 0.717) is 18.8 Å². The standard InChI is InChI=1S/C18H29N5O4/c1-12(2)20-16-15(23(25)26)14(8-9-19-16)22-10-6-7-13(11-22)21-17(24)27-18(3,4)5/h8-9,12-13H,6-7,10-11H2,1-5H3,(H,19,20)(H,21,24)/t13-/m1/s1. The Morgan fingerprint density at radius 3 is 2.74 bits per heavy atom. The van der Waals surface area contributed by atoms with Crippen molar-refractivity contribution in [2.24, 2.45) is 0 Å². The number of ether oxygens (including phenoxy) is 1. The molecule has 2 N–H and O–H groups in total. The highest BCUT2D eigenvalue weighted by atomic mass is 16.6. The molecular formula is C18H29N5O4. The van der Waals surface area contributed by atoms with Crippen LogP contribution in [-0.2, 0) is 4.74 Å². The summed E-state index contributed by atoms with van der Waals surface area (Å²) in [7, 11) is 0. The highest BCUT2D eigenvalue weighted by Gasteiger charge is 2.30. The molecule has 2 rings (SSSR count). The van der Waals surface area contributed by atoms with Crippen molar-refractivity contribution in [2.75, 3.05) is 23.3 Å². The molecule has 1 fully saturated rings. The number of amides is 1. The minimum absolute atomic E-state index is 0.0226. The predicted molar refractivity (Wildman–Crippen MR) is 104 cm³/mol. The van der Waals surface area contributed by atoms with Gasteiger partial charge in [0.15, 0.2) is 0 Å². The van der Waals surface area contributed by atoms with Gasteiger partial charge in [0.25, 0.3) is 0 Å². The molecule has 0 unspecified atom stereocenters. The zero-order valence-electron chi connectivity index (χ0n) is 16.6. The number of piperidine rings is 1. The van der Waals surface area contributed by atoms with E-state index in [4.69, 9.17) is 4.74 Å². The van der Waals surface area contributed by atoms with Crippen molar-refractivity contribution in [3.05, 3.63) is 22.4 Å². The number of aromatic nitrogens is 1. The molecule has 0 bridgehead atoms. The first-order valence-corrected chi connectivity index (χ1v) is 9.21. The average molecular weight is 379 g/mol. The van der Waals surface area contributed by atoms with Gasteiger partial charge in [-0.25, -0.2) is 9.78 Å². The molecule has 1 aromatic rings. The fourth-order valence-corrected chi connectivity index (χ4v) is 3.05. The quantitative estimate of drug-likeness (QED) is 0.596. The minimum Gasteiger partial charge on any atom is -0.444 e. The third kappa shape index (κ3) is 5.97. The third-order valence-electron chi connectivity index (χ3n) is 3.99. The lowest BCUT2D eigenvalue weighted by Gasteiger charge is -2.34. The Bertz CT molecular complexity index is 687. The van der Waals surface area contributed by atoms with Crippen LogP contribution in [0, 0.1) is 10.1 Å². The van der Waals surface area contributed by atoms with Crippen LogP contribution in [0.15, 0.2) is 12.3 Å². The zero-order chi connectivity index (χ0) is 20.2. The Hall–Kier alpha value is -2.58. The van der Waals surface area contributed by atoms with E-state index in [1.54, 1.807) is 12.3 Å². The first kappa shape index (κ1) is 20.7. The van der Waals surface area contributed by atoms with E-state index in [9.17, 15) is 14.9 Å². The Morgan fingerprint density at radius 1 is 1.44 bits per heavy atom. The summed E-state index contributed by atoms with van der Waals surface area (Å²) in [5.41, 5.74) is -0.0994. The van der Waals surface area contributed by atoms with Gasteiger partial charge in [-0.2, -0.15) is 0 Å². The average Bonchev–Trinajstić information content (AvgIpc) is 2.52. The van der Waals surface area contributed by atoms with Crippen LogP contribution in [0.3, 0.4) is 0 Å². The van der Waals surface area contributed by atoms with Crippen molar-refractivity contribution in [2.45, 2.75) is 65.1 Å². The van der Waals surface area contributed by atoms with Crippen LogP contribution in [0.2, 0.25) is 0 Å². The number of carbonyl (C=O) groups excluding carboxylic acids is 1. The van der Waals surface area contributed by atoms with Crippen LogP contribution in [0.1, 0.15) is 47.5 Å². The molecule has 1 saturated heterocycles. The van der Waals surface area contributed by atoms with Gasteiger partial charge < -0.3 is 20.3 Å². The van der Waals surface area contributed by atoms with Gasteiger partial charge in [-0.05, 0) is 53.5 Å². The zero-order valence-corrected chi connectivity index (χ0v) is 16.6. The highest BCUT2D eigenvalue weighted by molar-refractivity contribution is 5.74. The normalized spacial score (nSPS) is 17.6. The SMILES string of the molecule is CC(C)Nc1nccc(N2CCC[C@@H](NC(=O)OC(C)(C)C)C2)c1[N+](=O)[O-]. The van der Waals surface area contributed by atoms with Crippen LogP contribution in [-0.4, -0.2) is 46.8 Å². The molecule has 1 aromatic heterocycles. The topological polar surface area (TPSA) is 110 Å². The summed E-state index contributed by atoms with van der Waals surface area (Å²) in [6.07, 6.45) is 2.71. The Morgan fingerprint density at radius 2 is 2.15 bits per heavy atom. The van der Waals surface area contributed by atoms with Gasteiger partial charge in [-0.1, -0.05) is 0 Å². The number of pyridine rings is 1. The van der Waals surface area contributed by atoms with Gasteiger partial charge in [-0.3, -0.25) is 10.1 Å². The number of nitro groups is 1. The second-order valence-electron chi connectivity index (χ2n) is 8.01. The Balaban J connectivity index is 2.18. The van der Waals surface area contributed by atoms with Crippen LogP contribution in [0.25, 0.3) is 0 Å². The molecule has 0 spiro atoms. The van der Waals surface area contributed by atoms with Crippen molar-refractivity contribution in [1.29, 1.82) is 0 Å².